The zero-order chi connectivity index (χ0) is 32.5. The van der Waals surface area contributed by atoms with Crippen molar-refractivity contribution in [3.63, 3.8) is 0 Å². The molecule has 2 heterocycles. The largest absolute Gasteiger partial charge is 0.497 e. The van der Waals surface area contributed by atoms with Crippen LogP contribution in [0.5, 0.6) is 23.0 Å². The van der Waals surface area contributed by atoms with Crippen LogP contribution in [0.2, 0.25) is 0 Å². The highest BCUT2D eigenvalue weighted by Gasteiger charge is 2.78. The van der Waals surface area contributed by atoms with E-state index >= 15 is 0 Å². The maximum absolute atomic E-state index is 13.2. The van der Waals surface area contributed by atoms with Crippen LogP contribution in [-0.2, 0) is 11.2 Å². The van der Waals surface area contributed by atoms with E-state index < -0.39 is 29.1 Å². The summed E-state index contributed by atoms with van der Waals surface area (Å²) < 4.78 is 30.0. The van der Waals surface area contributed by atoms with Gasteiger partial charge in [0.25, 0.3) is 0 Å². The lowest BCUT2D eigenvalue weighted by atomic mass is 9.70. The van der Waals surface area contributed by atoms with Gasteiger partial charge in [0.2, 0.25) is 5.89 Å². The number of aliphatic hydroxyl groups is 2. The van der Waals surface area contributed by atoms with E-state index in [-0.39, 0.29) is 11.9 Å². The first-order chi connectivity index (χ1) is 22.4. The van der Waals surface area contributed by atoms with Crippen molar-refractivity contribution in [3.05, 3.63) is 89.3 Å². The monoisotopic (exact) mass is 630 g/mol. The Morgan fingerprint density at radius 1 is 0.913 bits per heavy atom. The number of ether oxygens (including phenoxy) is 4. The maximum Gasteiger partial charge on any atom is 0.315 e. The molecule has 3 unspecified atom stereocenters. The quantitative estimate of drug-likeness (QED) is 0.178. The summed E-state index contributed by atoms with van der Waals surface area (Å²) in [5.74, 6) is 0.405. The molecule has 1 aliphatic carbocycles. The van der Waals surface area contributed by atoms with Crippen LogP contribution in [-0.4, -0.2) is 78.9 Å². The standard InChI is InChI=1S/C35H42N4O7/c1-6-39(7-2)19-11-18-36-33-38-37-32(45-33)28-29(22-12-9-8-10-13-22)35(23-14-16-24(42-3)17-15-23)34(41,31(28)40)30-26(44-5)20-25(43-4)21-27(30)46-35/h8-10,12-17,20-21,28-29,31,40-41H,6-7,11,18-19H2,1-5H3,(H,36,38)/t28-,29?,31-,34?,35?/m1/s1. The third kappa shape index (κ3) is 4.94. The summed E-state index contributed by atoms with van der Waals surface area (Å²) in [5.41, 5.74) is -1.83. The molecule has 0 radical (unpaired) electrons. The van der Waals surface area contributed by atoms with Gasteiger partial charge in [-0.3, -0.25) is 0 Å². The third-order valence-electron chi connectivity index (χ3n) is 9.50. The van der Waals surface area contributed by atoms with Crippen LogP contribution in [0.1, 0.15) is 54.7 Å². The predicted molar refractivity (Wildman–Crippen MR) is 172 cm³/mol. The second-order valence-electron chi connectivity index (χ2n) is 11.6. The van der Waals surface area contributed by atoms with E-state index in [4.69, 9.17) is 23.4 Å². The number of benzene rings is 3. The molecule has 4 aromatic rings. The van der Waals surface area contributed by atoms with Crippen molar-refractivity contribution in [2.75, 3.05) is 52.8 Å². The Balaban J connectivity index is 1.50. The minimum atomic E-state index is -2.02. The van der Waals surface area contributed by atoms with E-state index in [2.05, 4.69) is 34.3 Å². The first kappa shape index (κ1) is 31.7. The van der Waals surface area contributed by atoms with E-state index in [0.29, 0.717) is 40.7 Å². The Morgan fingerprint density at radius 3 is 2.28 bits per heavy atom. The van der Waals surface area contributed by atoms with Crippen molar-refractivity contribution in [2.24, 2.45) is 0 Å². The van der Waals surface area contributed by atoms with Crippen LogP contribution in [0, 0.1) is 0 Å². The zero-order valence-electron chi connectivity index (χ0n) is 26.9. The van der Waals surface area contributed by atoms with Gasteiger partial charge in [-0.2, -0.15) is 0 Å². The fourth-order valence-electron chi connectivity index (χ4n) is 7.26. The second-order valence-corrected chi connectivity index (χ2v) is 11.6. The number of aliphatic hydroxyl groups excluding tert-OH is 1. The van der Waals surface area contributed by atoms with Crippen molar-refractivity contribution in [2.45, 2.75) is 49.4 Å². The van der Waals surface area contributed by atoms with Crippen molar-refractivity contribution in [3.8, 4) is 23.0 Å². The summed E-state index contributed by atoms with van der Waals surface area (Å²) in [4.78, 5) is 2.35. The number of nitrogens with one attached hydrogen (secondary N) is 1. The van der Waals surface area contributed by atoms with Gasteiger partial charge in [0, 0.05) is 24.6 Å². The molecular weight excluding hydrogens is 588 g/mol. The number of hydrogen-bond donors (Lipinski definition) is 3. The summed E-state index contributed by atoms with van der Waals surface area (Å²) in [6.45, 7) is 7.86. The van der Waals surface area contributed by atoms with Gasteiger partial charge in [-0.15, -0.1) is 5.10 Å². The molecule has 1 aliphatic heterocycles. The lowest BCUT2D eigenvalue weighted by Crippen LogP contribution is -2.52. The smallest absolute Gasteiger partial charge is 0.315 e. The Hall–Kier alpha value is -4.32. The highest BCUT2D eigenvalue weighted by atomic mass is 16.5. The van der Waals surface area contributed by atoms with Crippen LogP contribution in [0.3, 0.4) is 0 Å². The molecule has 1 aromatic heterocycles. The summed E-state index contributed by atoms with van der Waals surface area (Å²) in [7, 11) is 4.65. The molecule has 6 rings (SSSR count). The van der Waals surface area contributed by atoms with Crippen molar-refractivity contribution < 1.29 is 33.6 Å². The number of methoxy groups -OCH3 is 3. The van der Waals surface area contributed by atoms with E-state index in [1.54, 1.807) is 26.4 Å². The fraction of sp³-hybridized carbons (Fsp3) is 0.429. The molecule has 3 N–H and O–H groups in total. The summed E-state index contributed by atoms with van der Waals surface area (Å²) >= 11 is 0. The number of nitrogens with zero attached hydrogens (tertiary/aromatic N) is 3. The van der Waals surface area contributed by atoms with Gasteiger partial charge in [-0.1, -0.05) is 61.4 Å². The molecule has 2 aliphatic rings. The SMILES string of the molecule is CCN(CC)CCCNc1nnc([C@@H]2C(c3ccccc3)C3(c4ccc(OC)cc4)Oc4cc(OC)cc(OC)c4C3(O)[C@@H]2O)o1. The van der Waals surface area contributed by atoms with Crippen molar-refractivity contribution >= 4 is 6.01 Å². The highest BCUT2D eigenvalue weighted by Crippen LogP contribution is 2.72. The van der Waals surface area contributed by atoms with Gasteiger partial charge in [-0.25, -0.2) is 0 Å². The average Bonchev–Trinajstić information content (AvgIpc) is 3.72. The Labute approximate surface area is 269 Å². The molecule has 0 saturated heterocycles. The molecule has 5 atom stereocenters. The van der Waals surface area contributed by atoms with Crippen molar-refractivity contribution in [1.29, 1.82) is 0 Å². The lowest BCUT2D eigenvalue weighted by molar-refractivity contribution is -0.151. The van der Waals surface area contributed by atoms with Gasteiger partial charge < -0.3 is 43.8 Å². The van der Waals surface area contributed by atoms with E-state index in [1.165, 1.54) is 7.11 Å². The summed E-state index contributed by atoms with van der Waals surface area (Å²) in [6, 6.07) is 20.6. The van der Waals surface area contributed by atoms with Gasteiger partial charge in [-0.05, 0) is 49.3 Å². The molecule has 11 heteroatoms. The third-order valence-corrected chi connectivity index (χ3v) is 9.50. The van der Waals surface area contributed by atoms with Crippen LogP contribution in [0.25, 0.3) is 0 Å². The molecule has 0 bridgehead atoms. The number of anilines is 1. The average molecular weight is 631 g/mol. The van der Waals surface area contributed by atoms with Crippen molar-refractivity contribution in [1.82, 2.24) is 15.1 Å². The van der Waals surface area contributed by atoms with Gasteiger partial charge in [0.15, 0.2) is 11.2 Å². The fourth-order valence-corrected chi connectivity index (χ4v) is 7.26. The maximum atomic E-state index is 13.2. The molecule has 1 fully saturated rings. The predicted octanol–water partition coefficient (Wildman–Crippen LogP) is 4.66. The highest BCUT2D eigenvalue weighted by molar-refractivity contribution is 5.63. The first-order valence-corrected chi connectivity index (χ1v) is 15.7. The van der Waals surface area contributed by atoms with Crippen LogP contribution in [0.15, 0.2) is 71.1 Å². The Morgan fingerprint density at radius 2 is 1.63 bits per heavy atom. The molecule has 0 amide bonds. The first-order valence-electron chi connectivity index (χ1n) is 15.7. The molecule has 0 spiro atoms. The summed E-state index contributed by atoms with van der Waals surface area (Å²) in [5, 5.41) is 37.6. The summed E-state index contributed by atoms with van der Waals surface area (Å²) in [6.07, 6.45) is -0.564. The normalized spacial score (nSPS) is 24.7. The number of hydrogen-bond acceptors (Lipinski definition) is 11. The molecule has 244 valence electrons. The number of fused-ring (bicyclic) bond motifs is 3. The minimum Gasteiger partial charge on any atom is -0.497 e. The molecule has 3 aromatic carbocycles. The van der Waals surface area contributed by atoms with E-state index in [9.17, 15) is 10.2 Å². The molecular formula is C35H42N4O7. The molecule has 11 nitrogen and oxygen atoms in total. The van der Waals surface area contributed by atoms with Gasteiger partial charge in [0.05, 0.1) is 32.8 Å². The van der Waals surface area contributed by atoms with Gasteiger partial charge in [0.1, 0.15) is 29.1 Å². The topological polar surface area (TPSA) is 132 Å². The van der Waals surface area contributed by atoms with E-state index in [1.807, 2.05) is 54.6 Å². The number of rotatable bonds is 13. The minimum absolute atomic E-state index is 0.181. The second kappa shape index (κ2) is 12.8. The molecule has 1 saturated carbocycles. The zero-order valence-corrected chi connectivity index (χ0v) is 26.9. The van der Waals surface area contributed by atoms with E-state index in [0.717, 1.165) is 31.6 Å². The Bertz CT molecular complexity index is 1630. The lowest BCUT2D eigenvalue weighted by Gasteiger charge is -2.40. The Kier molecular flexibility index (Phi) is 8.82. The van der Waals surface area contributed by atoms with Crippen LogP contribution >= 0.6 is 0 Å². The van der Waals surface area contributed by atoms with Gasteiger partial charge >= 0.3 is 6.01 Å². The van der Waals surface area contributed by atoms with Crippen LogP contribution in [0.4, 0.5) is 6.01 Å². The molecule has 46 heavy (non-hydrogen) atoms. The number of aromatic nitrogens is 2. The van der Waals surface area contributed by atoms with Crippen LogP contribution < -0.4 is 24.3 Å².